The maximum Gasteiger partial charge on any atom is 0.227 e. The summed E-state index contributed by atoms with van der Waals surface area (Å²) in [4.78, 5) is 19.3. The standard InChI is InChI=1S/C24H25ClN2O3/c1-29-20-9-4-6-17(12-20)13-23(28)27-11-5-8-19(16-27)24-26-15-21(30-24)14-18-7-2-3-10-22(18)25/h2-4,6-7,9-10,12,15,19H,5,8,11,13-14,16H2,1H3/t19-/m0/s1. The van der Waals surface area contributed by atoms with Crippen LogP contribution in [0.25, 0.3) is 0 Å². The predicted molar refractivity (Wildman–Crippen MR) is 116 cm³/mol. The lowest BCUT2D eigenvalue weighted by molar-refractivity contribution is -0.131. The molecule has 0 unspecified atom stereocenters. The van der Waals surface area contributed by atoms with E-state index in [0.29, 0.717) is 25.3 Å². The second-order valence-corrected chi connectivity index (χ2v) is 8.05. The summed E-state index contributed by atoms with van der Waals surface area (Å²) in [5.74, 6) is 2.50. The quantitative estimate of drug-likeness (QED) is 0.566. The van der Waals surface area contributed by atoms with Gasteiger partial charge in [-0.25, -0.2) is 4.98 Å². The number of aromatic nitrogens is 1. The maximum absolute atomic E-state index is 12.8. The smallest absolute Gasteiger partial charge is 0.227 e. The zero-order valence-corrected chi connectivity index (χ0v) is 17.8. The SMILES string of the molecule is COc1cccc(CC(=O)N2CCC[C@H](c3ncc(Cc4ccccc4Cl)o3)C2)c1. The van der Waals surface area contributed by atoms with Crippen molar-refractivity contribution in [1.82, 2.24) is 9.88 Å². The number of carbonyl (C=O) groups excluding carboxylic acids is 1. The second kappa shape index (κ2) is 9.35. The number of carbonyl (C=O) groups is 1. The van der Waals surface area contributed by atoms with Crippen LogP contribution >= 0.6 is 11.6 Å². The number of likely N-dealkylation sites (tertiary alicyclic amines) is 1. The Morgan fingerprint density at radius 3 is 2.97 bits per heavy atom. The van der Waals surface area contributed by atoms with Gasteiger partial charge in [-0.1, -0.05) is 41.9 Å². The largest absolute Gasteiger partial charge is 0.497 e. The zero-order chi connectivity index (χ0) is 20.9. The summed E-state index contributed by atoms with van der Waals surface area (Å²) in [5.41, 5.74) is 1.97. The lowest BCUT2D eigenvalue weighted by atomic mass is 9.97. The number of ether oxygens (including phenoxy) is 1. The molecular formula is C24H25ClN2O3. The van der Waals surface area contributed by atoms with E-state index in [9.17, 15) is 4.79 Å². The van der Waals surface area contributed by atoms with Gasteiger partial charge in [0.2, 0.25) is 5.91 Å². The molecule has 0 N–H and O–H groups in total. The van der Waals surface area contributed by atoms with Crippen molar-refractivity contribution in [3.8, 4) is 5.75 Å². The van der Waals surface area contributed by atoms with Crippen LogP contribution in [0.2, 0.25) is 5.02 Å². The van der Waals surface area contributed by atoms with Crippen molar-refractivity contribution < 1.29 is 13.9 Å². The molecule has 2 heterocycles. The molecule has 0 radical (unpaired) electrons. The van der Waals surface area contributed by atoms with Crippen LogP contribution in [0, 0.1) is 0 Å². The Morgan fingerprint density at radius 2 is 2.13 bits per heavy atom. The van der Waals surface area contributed by atoms with Crippen molar-refractivity contribution in [2.75, 3.05) is 20.2 Å². The first kappa shape index (κ1) is 20.5. The zero-order valence-electron chi connectivity index (χ0n) is 17.0. The van der Waals surface area contributed by atoms with Crippen LogP contribution in [0.15, 0.2) is 59.1 Å². The van der Waals surface area contributed by atoms with Gasteiger partial charge in [0.25, 0.3) is 0 Å². The van der Waals surface area contributed by atoms with Crippen LogP contribution in [-0.2, 0) is 17.6 Å². The number of piperidine rings is 1. The van der Waals surface area contributed by atoms with Gasteiger partial charge < -0.3 is 14.1 Å². The van der Waals surface area contributed by atoms with Crippen LogP contribution in [0.1, 0.15) is 41.5 Å². The van der Waals surface area contributed by atoms with Crippen LogP contribution < -0.4 is 4.74 Å². The highest BCUT2D eigenvalue weighted by atomic mass is 35.5. The van der Waals surface area contributed by atoms with E-state index in [1.165, 1.54) is 0 Å². The van der Waals surface area contributed by atoms with Crippen LogP contribution in [0.3, 0.4) is 0 Å². The van der Waals surface area contributed by atoms with E-state index in [0.717, 1.165) is 47.0 Å². The highest BCUT2D eigenvalue weighted by Crippen LogP contribution is 2.28. The lowest BCUT2D eigenvalue weighted by Gasteiger charge is -2.31. The fourth-order valence-corrected chi connectivity index (χ4v) is 4.10. The molecule has 3 aromatic rings. The maximum atomic E-state index is 12.8. The summed E-state index contributed by atoms with van der Waals surface area (Å²) in [6, 6.07) is 15.4. The summed E-state index contributed by atoms with van der Waals surface area (Å²) in [6.07, 6.45) is 4.66. The van der Waals surface area contributed by atoms with Gasteiger partial charge in [-0.2, -0.15) is 0 Å². The normalized spacial score (nSPS) is 16.5. The molecule has 30 heavy (non-hydrogen) atoms. The van der Waals surface area contributed by atoms with Gasteiger partial charge in [0.05, 0.1) is 25.6 Å². The summed E-state index contributed by atoms with van der Waals surface area (Å²) in [7, 11) is 1.63. The monoisotopic (exact) mass is 424 g/mol. The van der Waals surface area contributed by atoms with Gasteiger partial charge in [0.15, 0.2) is 5.89 Å². The molecule has 0 saturated carbocycles. The van der Waals surface area contributed by atoms with Crippen molar-refractivity contribution in [3.05, 3.63) is 82.5 Å². The summed E-state index contributed by atoms with van der Waals surface area (Å²) in [6.45, 7) is 1.40. The predicted octanol–water partition coefficient (Wildman–Crippen LogP) is 4.88. The van der Waals surface area contributed by atoms with E-state index in [4.69, 9.17) is 20.8 Å². The van der Waals surface area contributed by atoms with Crippen molar-refractivity contribution in [1.29, 1.82) is 0 Å². The van der Waals surface area contributed by atoms with E-state index in [1.807, 2.05) is 53.4 Å². The van der Waals surface area contributed by atoms with Crippen LogP contribution in [0.5, 0.6) is 5.75 Å². The van der Waals surface area contributed by atoms with Gasteiger partial charge in [-0.3, -0.25) is 4.79 Å². The second-order valence-electron chi connectivity index (χ2n) is 7.64. The Kier molecular flexibility index (Phi) is 6.38. The van der Waals surface area contributed by atoms with Gasteiger partial charge in [0.1, 0.15) is 11.5 Å². The highest BCUT2D eigenvalue weighted by molar-refractivity contribution is 6.31. The first-order valence-corrected chi connectivity index (χ1v) is 10.6. The van der Waals surface area contributed by atoms with Crippen molar-refractivity contribution in [2.45, 2.75) is 31.6 Å². The molecule has 0 spiro atoms. The number of rotatable bonds is 6. The molecule has 156 valence electrons. The fourth-order valence-electron chi connectivity index (χ4n) is 3.90. The minimum Gasteiger partial charge on any atom is -0.497 e. The first-order valence-electron chi connectivity index (χ1n) is 10.2. The van der Waals surface area contributed by atoms with Crippen molar-refractivity contribution in [2.24, 2.45) is 0 Å². The van der Waals surface area contributed by atoms with Gasteiger partial charge >= 0.3 is 0 Å². The number of benzene rings is 2. The molecule has 0 bridgehead atoms. The van der Waals surface area contributed by atoms with Gasteiger partial charge in [0, 0.05) is 24.5 Å². The molecule has 5 nitrogen and oxygen atoms in total. The summed E-state index contributed by atoms with van der Waals surface area (Å²) >= 11 is 6.26. The lowest BCUT2D eigenvalue weighted by Crippen LogP contribution is -2.40. The molecule has 1 aliphatic heterocycles. The van der Waals surface area contributed by atoms with Crippen LogP contribution in [0.4, 0.5) is 0 Å². The van der Waals surface area contributed by atoms with Gasteiger partial charge in [-0.15, -0.1) is 0 Å². The number of oxazole rings is 1. The third kappa shape index (κ3) is 4.85. The van der Waals surface area contributed by atoms with E-state index in [2.05, 4.69) is 4.98 Å². The molecule has 4 rings (SSSR count). The number of methoxy groups -OCH3 is 1. The average Bonchev–Trinajstić information content (AvgIpc) is 3.24. The van der Waals surface area contributed by atoms with E-state index in [-0.39, 0.29) is 11.8 Å². The molecule has 1 fully saturated rings. The Bertz CT molecular complexity index is 1020. The minimum atomic E-state index is 0.119. The van der Waals surface area contributed by atoms with E-state index >= 15 is 0 Å². The topological polar surface area (TPSA) is 55.6 Å². The van der Waals surface area contributed by atoms with E-state index in [1.54, 1.807) is 13.3 Å². The number of nitrogens with zero attached hydrogens (tertiary/aromatic N) is 2. The molecule has 6 heteroatoms. The molecule has 1 atom stereocenters. The Morgan fingerprint density at radius 1 is 1.27 bits per heavy atom. The minimum absolute atomic E-state index is 0.119. The molecule has 1 saturated heterocycles. The first-order chi connectivity index (χ1) is 14.6. The number of hydrogen-bond acceptors (Lipinski definition) is 4. The van der Waals surface area contributed by atoms with E-state index < -0.39 is 0 Å². The van der Waals surface area contributed by atoms with Gasteiger partial charge in [-0.05, 0) is 42.2 Å². The highest BCUT2D eigenvalue weighted by Gasteiger charge is 2.28. The summed E-state index contributed by atoms with van der Waals surface area (Å²) in [5, 5.41) is 0.724. The Balaban J connectivity index is 1.39. The molecule has 0 aliphatic carbocycles. The number of amides is 1. The molecule has 1 aromatic heterocycles. The number of hydrogen-bond donors (Lipinski definition) is 0. The summed E-state index contributed by atoms with van der Waals surface area (Å²) < 4.78 is 11.3. The Labute approximate surface area is 181 Å². The Hall–Kier alpha value is -2.79. The fraction of sp³-hybridized carbons (Fsp3) is 0.333. The third-order valence-corrected chi connectivity index (χ3v) is 5.88. The van der Waals surface area contributed by atoms with Crippen molar-refractivity contribution >= 4 is 17.5 Å². The van der Waals surface area contributed by atoms with Crippen molar-refractivity contribution in [3.63, 3.8) is 0 Å². The van der Waals surface area contributed by atoms with Crippen LogP contribution in [-0.4, -0.2) is 36.0 Å². The third-order valence-electron chi connectivity index (χ3n) is 5.51. The molecular weight excluding hydrogens is 400 g/mol. The number of halogens is 1. The molecule has 1 aliphatic rings. The molecule has 1 amide bonds. The average molecular weight is 425 g/mol. The molecule has 2 aromatic carbocycles.